The van der Waals surface area contributed by atoms with E-state index in [9.17, 15) is 4.79 Å². The molecule has 1 aliphatic heterocycles. The van der Waals surface area contributed by atoms with Crippen LogP contribution in [-0.2, 0) is 4.79 Å². The summed E-state index contributed by atoms with van der Waals surface area (Å²) in [6.45, 7) is 8.28. The number of nitrogens with two attached hydrogens (primary N) is 1. The van der Waals surface area contributed by atoms with Crippen LogP contribution in [0.15, 0.2) is 0 Å². The summed E-state index contributed by atoms with van der Waals surface area (Å²) in [6, 6.07) is 0. The van der Waals surface area contributed by atoms with Crippen LogP contribution in [0.3, 0.4) is 0 Å². The molecular weight excluding hydrogens is 214 g/mol. The molecule has 0 aromatic carbocycles. The molecule has 0 aliphatic carbocycles. The summed E-state index contributed by atoms with van der Waals surface area (Å²) >= 11 is 0. The molecule has 1 unspecified atom stereocenters. The fraction of sp³-hybridized carbons (Fsp3) is 0.769. The molecule has 0 aromatic rings. The number of hydrogen-bond acceptors (Lipinski definition) is 3. The molecule has 1 atom stereocenters. The lowest BCUT2D eigenvalue weighted by Crippen LogP contribution is -2.54. The number of amides is 1. The van der Waals surface area contributed by atoms with Gasteiger partial charge >= 0.3 is 0 Å². The van der Waals surface area contributed by atoms with Gasteiger partial charge in [0.15, 0.2) is 0 Å². The van der Waals surface area contributed by atoms with Crippen molar-refractivity contribution in [2.45, 2.75) is 20.3 Å². The highest BCUT2D eigenvalue weighted by Crippen LogP contribution is 2.23. The molecule has 96 valence electrons. The summed E-state index contributed by atoms with van der Waals surface area (Å²) < 4.78 is 0. The Bertz CT molecular complexity index is 296. The molecular formula is C13H23N3O. The van der Waals surface area contributed by atoms with Gasteiger partial charge in [0.25, 0.3) is 0 Å². The Labute approximate surface area is 104 Å². The zero-order valence-corrected chi connectivity index (χ0v) is 10.9. The molecule has 1 saturated heterocycles. The Balaban J connectivity index is 2.54. The molecule has 4 nitrogen and oxygen atoms in total. The summed E-state index contributed by atoms with van der Waals surface area (Å²) in [5.41, 5.74) is 5.31. The zero-order chi connectivity index (χ0) is 12.9. The summed E-state index contributed by atoms with van der Waals surface area (Å²) in [4.78, 5) is 16.4. The van der Waals surface area contributed by atoms with E-state index in [0.717, 1.165) is 32.6 Å². The maximum absolute atomic E-state index is 12.3. The topological polar surface area (TPSA) is 49.6 Å². The molecule has 1 rings (SSSR count). The van der Waals surface area contributed by atoms with E-state index in [1.807, 2.05) is 18.7 Å². The van der Waals surface area contributed by atoms with Gasteiger partial charge < -0.3 is 10.6 Å². The van der Waals surface area contributed by atoms with Crippen LogP contribution in [0.4, 0.5) is 0 Å². The van der Waals surface area contributed by atoms with Crippen LogP contribution < -0.4 is 5.73 Å². The molecule has 2 N–H and O–H groups in total. The normalized spacial score (nSPS) is 20.7. The van der Waals surface area contributed by atoms with Gasteiger partial charge in [0.1, 0.15) is 0 Å². The third-order valence-electron chi connectivity index (χ3n) is 3.72. The highest BCUT2D eigenvalue weighted by atomic mass is 16.2. The van der Waals surface area contributed by atoms with Crippen molar-refractivity contribution in [2.24, 2.45) is 11.1 Å². The first-order chi connectivity index (χ1) is 8.07. The Morgan fingerprint density at radius 1 is 1.41 bits per heavy atom. The van der Waals surface area contributed by atoms with Crippen LogP contribution in [0.1, 0.15) is 20.3 Å². The van der Waals surface area contributed by atoms with E-state index in [2.05, 4.69) is 10.8 Å². The molecule has 1 aliphatic rings. The molecule has 0 radical (unpaired) electrons. The zero-order valence-electron chi connectivity index (χ0n) is 10.9. The Morgan fingerprint density at radius 2 is 2.00 bits per heavy atom. The van der Waals surface area contributed by atoms with Gasteiger partial charge in [-0.3, -0.25) is 9.69 Å². The maximum atomic E-state index is 12.3. The van der Waals surface area contributed by atoms with Gasteiger partial charge in [0.2, 0.25) is 5.91 Å². The van der Waals surface area contributed by atoms with Crippen molar-refractivity contribution in [1.29, 1.82) is 0 Å². The highest BCUT2D eigenvalue weighted by Gasteiger charge is 2.34. The number of carbonyl (C=O) groups excluding carboxylic acids is 1. The van der Waals surface area contributed by atoms with Crippen LogP contribution in [0.25, 0.3) is 0 Å². The standard InChI is InChI=1S/C13H23N3O/c1-4-6-15-7-9-16(10-8-15)12(17)13(3,5-2)11-14/h1H,5-11,14H2,2-3H3. The Morgan fingerprint density at radius 3 is 2.41 bits per heavy atom. The third-order valence-corrected chi connectivity index (χ3v) is 3.72. The predicted molar refractivity (Wildman–Crippen MR) is 69.3 cm³/mol. The first kappa shape index (κ1) is 14.0. The third kappa shape index (κ3) is 3.21. The van der Waals surface area contributed by atoms with Gasteiger partial charge in [-0.25, -0.2) is 0 Å². The number of nitrogens with zero attached hydrogens (tertiary/aromatic N) is 2. The minimum absolute atomic E-state index is 0.183. The van der Waals surface area contributed by atoms with Gasteiger partial charge in [0, 0.05) is 32.7 Å². The van der Waals surface area contributed by atoms with E-state index in [1.165, 1.54) is 0 Å². The van der Waals surface area contributed by atoms with Crippen molar-refractivity contribution in [2.75, 3.05) is 39.3 Å². The predicted octanol–water partition coefficient (Wildman–Crippen LogP) is 0.139. The van der Waals surface area contributed by atoms with Gasteiger partial charge in [-0.1, -0.05) is 12.8 Å². The lowest BCUT2D eigenvalue weighted by Gasteiger charge is -2.38. The molecule has 1 amide bonds. The van der Waals surface area contributed by atoms with E-state index in [1.54, 1.807) is 0 Å². The second kappa shape index (κ2) is 6.04. The SMILES string of the molecule is C#CCN1CCN(C(=O)C(C)(CC)CN)CC1. The van der Waals surface area contributed by atoms with E-state index >= 15 is 0 Å². The van der Waals surface area contributed by atoms with E-state index in [-0.39, 0.29) is 5.91 Å². The monoisotopic (exact) mass is 237 g/mol. The van der Waals surface area contributed by atoms with E-state index in [4.69, 9.17) is 12.2 Å². The molecule has 0 aromatic heterocycles. The van der Waals surface area contributed by atoms with Gasteiger partial charge in [-0.2, -0.15) is 0 Å². The second-order valence-electron chi connectivity index (χ2n) is 4.89. The lowest BCUT2D eigenvalue weighted by atomic mass is 9.86. The average Bonchev–Trinajstić information content (AvgIpc) is 2.38. The van der Waals surface area contributed by atoms with Crippen molar-refractivity contribution >= 4 is 5.91 Å². The van der Waals surface area contributed by atoms with Gasteiger partial charge in [-0.15, -0.1) is 6.42 Å². The fourth-order valence-electron chi connectivity index (χ4n) is 2.00. The van der Waals surface area contributed by atoms with Gasteiger partial charge in [0.05, 0.1) is 12.0 Å². The summed E-state index contributed by atoms with van der Waals surface area (Å²) in [5, 5.41) is 0. The first-order valence-corrected chi connectivity index (χ1v) is 6.22. The molecule has 0 spiro atoms. The maximum Gasteiger partial charge on any atom is 0.229 e. The molecule has 1 heterocycles. The highest BCUT2D eigenvalue weighted by molar-refractivity contribution is 5.82. The van der Waals surface area contributed by atoms with E-state index < -0.39 is 5.41 Å². The number of terminal acetylenes is 1. The summed E-state index contributed by atoms with van der Waals surface area (Å²) in [6.07, 6.45) is 6.06. The quantitative estimate of drug-likeness (QED) is 0.708. The first-order valence-electron chi connectivity index (χ1n) is 6.22. The van der Waals surface area contributed by atoms with Crippen molar-refractivity contribution in [3.8, 4) is 12.3 Å². The molecule has 0 saturated carbocycles. The summed E-state index contributed by atoms with van der Waals surface area (Å²) in [5.74, 6) is 2.82. The minimum atomic E-state index is -0.408. The smallest absolute Gasteiger partial charge is 0.229 e. The number of rotatable bonds is 4. The number of hydrogen-bond donors (Lipinski definition) is 1. The Hall–Kier alpha value is -1.05. The molecule has 4 heteroatoms. The number of carbonyl (C=O) groups is 1. The van der Waals surface area contributed by atoms with Crippen LogP contribution in [0.2, 0.25) is 0 Å². The number of piperazine rings is 1. The minimum Gasteiger partial charge on any atom is -0.340 e. The average molecular weight is 237 g/mol. The van der Waals surface area contributed by atoms with Gasteiger partial charge in [-0.05, 0) is 13.3 Å². The van der Waals surface area contributed by atoms with Crippen LogP contribution in [0, 0.1) is 17.8 Å². The van der Waals surface area contributed by atoms with Crippen molar-refractivity contribution in [3.05, 3.63) is 0 Å². The molecule has 0 bridgehead atoms. The second-order valence-corrected chi connectivity index (χ2v) is 4.89. The largest absolute Gasteiger partial charge is 0.340 e. The fourth-order valence-corrected chi connectivity index (χ4v) is 2.00. The van der Waals surface area contributed by atoms with Crippen molar-refractivity contribution in [1.82, 2.24) is 9.80 Å². The van der Waals surface area contributed by atoms with Crippen LogP contribution in [0.5, 0.6) is 0 Å². The van der Waals surface area contributed by atoms with E-state index in [0.29, 0.717) is 13.1 Å². The van der Waals surface area contributed by atoms with Crippen LogP contribution >= 0.6 is 0 Å². The Kier molecular flexibility index (Phi) is 4.98. The van der Waals surface area contributed by atoms with Crippen molar-refractivity contribution < 1.29 is 4.79 Å². The van der Waals surface area contributed by atoms with Crippen molar-refractivity contribution in [3.63, 3.8) is 0 Å². The molecule has 17 heavy (non-hydrogen) atoms. The van der Waals surface area contributed by atoms with Crippen LogP contribution in [-0.4, -0.2) is 55.0 Å². The molecule has 1 fully saturated rings. The lowest BCUT2D eigenvalue weighted by molar-refractivity contribution is -0.142. The summed E-state index contributed by atoms with van der Waals surface area (Å²) in [7, 11) is 0.